The van der Waals surface area contributed by atoms with E-state index < -0.39 is 230 Å². The van der Waals surface area contributed by atoms with E-state index >= 15 is 0 Å². The van der Waals surface area contributed by atoms with Crippen molar-refractivity contribution in [2.45, 2.75) is 320 Å². The summed E-state index contributed by atoms with van der Waals surface area (Å²) in [6, 6.07) is 9.19. The van der Waals surface area contributed by atoms with Crippen molar-refractivity contribution in [1.82, 2.24) is 0 Å². The summed E-state index contributed by atoms with van der Waals surface area (Å²) in [5.41, 5.74) is -9.76. The van der Waals surface area contributed by atoms with Crippen molar-refractivity contribution >= 4 is 12.0 Å². The Balaban J connectivity index is 0.664. The van der Waals surface area contributed by atoms with Crippen LogP contribution in [0.25, 0.3) is 6.08 Å². The molecule has 0 radical (unpaired) electrons. The van der Waals surface area contributed by atoms with E-state index in [2.05, 4.69) is 0 Å². The molecule has 29 heteroatoms. The predicted molar refractivity (Wildman–Crippen MR) is 347 cm³/mol. The highest BCUT2D eigenvalue weighted by molar-refractivity contribution is 5.87. The highest BCUT2D eigenvalue weighted by Gasteiger charge is 2.82. The monoisotopic (exact) mass is 1430 g/mol. The van der Waals surface area contributed by atoms with E-state index in [4.69, 9.17) is 85.3 Å². The maximum absolute atomic E-state index is 13.7. The van der Waals surface area contributed by atoms with Crippen LogP contribution in [0.4, 0.5) is 0 Å². The van der Waals surface area contributed by atoms with Gasteiger partial charge in [-0.25, -0.2) is 4.79 Å². The first-order chi connectivity index (χ1) is 47.4. The lowest BCUT2D eigenvalue weighted by Gasteiger charge is -2.68. The van der Waals surface area contributed by atoms with Gasteiger partial charge in [0.15, 0.2) is 37.7 Å². The molecule has 0 aromatic heterocycles. The van der Waals surface area contributed by atoms with E-state index in [1.54, 1.807) is 54.3 Å². The highest BCUT2D eigenvalue weighted by Crippen LogP contribution is 2.71. The normalized spacial score (nSPS) is 50.9. The maximum Gasteiger partial charge on any atom is 0.331 e. The lowest BCUT2D eigenvalue weighted by Crippen LogP contribution is -2.80. The molecule has 6 aliphatic heterocycles. The van der Waals surface area contributed by atoms with Crippen LogP contribution in [0.2, 0.25) is 0 Å². The van der Waals surface area contributed by atoms with E-state index in [-0.39, 0.29) is 51.4 Å². The first-order valence-electron chi connectivity index (χ1n) is 35.4. The van der Waals surface area contributed by atoms with Crippen LogP contribution < -0.4 is 0 Å². The Hall–Kier alpha value is -2.91. The second-order valence-electron chi connectivity index (χ2n) is 29.8. The number of ether oxygens (including phenoxy) is 18. The SMILES string of the molecule is CO[C@H]1[C@@H](O)[C@H](O[C@@H]2[C@@H](C)O[C@@H](O[C@@H]3[C@@H](C)O[C@@H](O[C@H]4[C@@H](OC)C[C@H](O[C@H]5[C@@H](OC)C[C@H](O[C@H]6CC[C@]7(C)[C@H]8C[C@@H](OC(=O)/C=C/c9ccccc9)[C@@]9(C)[C@](O)(CC[C@@]9(O)[C@H](C)O)[C@]8(O)C=C[C@@]7(O)C6)O[C@@H]5C)O[C@@H]4C)C[C@H]3OC)C[C@H]2OC)O[C@H](C)[C@H]1O[C@@H]1O[C@H](CO)[C@@H](O)[C@H](O)[C@H]1O. The molecule has 0 bridgehead atoms. The van der Waals surface area contributed by atoms with Crippen molar-refractivity contribution in [3.8, 4) is 0 Å². The van der Waals surface area contributed by atoms with Gasteiger partial charge in [0.1, 0.15) is 90.1 Å². The standard InChI is InChI=1S/C71H110O29/c1-34-58(42(83-9)27-50(88-34)93-41-21-22-66(7)47-31-48(95-49(74)20-19-40-17-15-14-16-18-40)67(8)69(80,39(6)73)25-26-71(67,82)70(47,81)24-23-68(66,79)32-41)96-51-28-43(84-10)59(35(2)89-51)97-52-29-44(85-11)60(36(3)90-52)98-53-30-45(86-12)61(37(4)91-53)99-65-57(78)63(87-13)62(38(5)92-65)100-64-56(77)55(76)54(75)46(33-72)94-64/h14-20,23-24,34-39,41-48,50-65,72-73,75-82H,21-22,25-33H2,1-13H3/b20-19+/t34-,35-,36-,37-,38-,39+,41+,42+,43+,44-,45-,46-,47-,48-,50+,51+,52+,53+,54-,55+,56-,57-,58-,59-,60-,61-,62-,63+,64+,65+,66-,67-,68-,69-,70+,71-/m1/s1. The lowest BCUT2D eigenvalue weighted by atomic mass is 9.41. The molecule has 6 heterocycles. The number of hydrogen-bond donors (Lipinski definition) is 10. The molecule has 100 heavy (non-hydrogen) atoms. The molecular weight excluding hydrogens is 1320 g/mol. The Morgan fingerprint density at radius 1 is 0.560 bits per heavy atom. The highest BCUT2D eigenvalue weighted by atomic mass is 16.8. The minimum atomic E-state index is -2.11. The van der Waals surface area contributed by atoms with Crippen LogP contribution in [0.15, 0.2) is 48.6 Å². The molecule has 0 unspecified atom stereocenters. The zero-order valence-corrected chi connectivity index (χ0v) is 59.5. The fourth-order valence-electron chi connectivity index (χ4n) is 18.4. The van der Waals surface area contributed by atoms with Gasteiger partial charge in [-0.3, -0.25) is 0 Å². The van der Waals surface area contributed by atoms with Gasteiger partial charge < -0.3 is 136 Å². The average molecular weight is 1430 g/mol. The van der Waals surface area contributed by atoms with Gasteiger partial charge in [0.25, 0.3) is 0 Å². The third-order valence-electron chi connectivity index (χ3n) is 24.4. The second-order valence-corrected chi connectivity index (χ2v) is 29.8. The number of rotatable bonds is 22. The van der Waals surface area contributed by atoms with E-state index in [9.17, 15) is 55.9 Å². The fraction of sp³-hybridized carbons (Fsp3) is 0.845. The predicted octanol–water partition coefficient (Wildman–Crippen LogP) is 1.33. The third kappa shape index (κ3) is 14.2. The number of aliphatic hydroxyl groups is 10. The van der Waals surface area contributed by atoms with Crippen LogP contribution in [0.5, 0.6) is 0 Å². The van der Waals surface area contributed by atoms with Gasteiger partial charge in [0.2, 0.25) is 0 Å². The van der Waals surface area contributed by atoms with Crippen molar-refractivity contribution in [3.63, 3.8) is 0 Å². The molecule has 1 aromatic carbocycles. The first-order valence-corrected chi connectivity index (χ1v) is 35.4. The van der Waals surface area contributed by atoms with Crippen LogP contribution >= 0.6 is 0 Å². The summed E-state index contributed by atoms with van der Waals surface area (Å²) in [5.74, 6) is -1.61. The minimum Gasteiger partial charge on any atom is -0.458 e. The summed E-state index contributed by atoms with van der Waals surface area (Å²) in [4.78, 5) is 13.7. The van der Waals surface area contributed by atoms with Crippen LogP contribution in [-0.4, -0.2) is 300 Å². The molecule has 10 N–H and O–H groups in total. The number of aliphatic hydroxyl groups excluding tert-OH is 6. The fourth-order valence-corrected chi connectivity index (χ4v) is 18.4. The van der Waals surface area contributed by atoms with E-state index in [0.29, 0.717) is 12.8 Å². The lowest BCUT2D eigenvalue weighted by molar-refractivity contribution is -0.374. The molecule has 4 aliphatic carbocycles. The Bertz CT molecular complexity index is 2910. The summed E-state index contributed by atoms with van der Waals surface area (Å²) in [7, 11) is 7.66. The van der Waals surface area contributed by atoms with Gasteiger partial charge in [-0.2, -0.15) is 0 Å². The molecule has 36 atom stereocenters. The van der Waals surface area contributed by atoms with Gasteiger partial charge >= 0.3 is 5.97 Å². The molecule has 9 fully saturated rings. The number of esters is 1. The van der Waals surface area contributed by atoms with Crippen molar-refractivity contribution in [2.75, 3.05) is 42.2 Å². The number of hydrogen-bond acceptors (Lipinski definition) is 29. The maximum atomic E-state index is 13.7. The van der Waals surface area contributed by atoms with Crippen molar-refractivity contribution < 1.29 is 141 Å². The zero-order valence-electron chi connectivity index (χ0n) is 59.5. The summed E-state index contributed by atoms with van der Waals surface area (Å²) < 4.78 is 113. The third-order valence-corrected chi connectivity index (χ3v) is 24.4. The summed E-state index contributed by atoms with van der Waals surface area (Å²) in [5, 5.41) is 115. The van der Waals surface area contributed by atoms with Crippen molar-refractivity contribution in [1.29, 1.82) is 0 Å². The van der Waals surface area contributed by atoms with Crippen LogP contribution in [0, 0.1) is 16.7 Å². The Morgan fingerprint density at radius 3 is 1.53 bits per heavy atom. The molecule has 568 valence electrons. The van der Waals surface area contributed by atoms with Crippen molar-refractivity contribution in [2.24, 2.45) is 16.7 Å². The molecule has 3 saturated carbocycles. The van der Waals surface area contributed by atoms with Gasteiger partial charge in [-0.15, -0.1) is 0 Å². The largest absolute Gasteiger partial charge is 0.458 e. The topological polar surface area (TPSA) is 386 Å². The summed E-state index contributed by atoms with van der Waals surface area (Å²) in [6.45, 7) is 13.3. The van der Waals surface area contributed by atoms with Gasteiger partial charge in [-0.05, 0) is 85.3 Å². The first kappa shape index (κ1) is 78.2. The number of carbonyl (C=O) groups is 1. The van der Waals surface area contributed by atoms with E-state index in [1.165, 1.54) is 33.3 Å². The molecular formula is C71H110O29. The number of methoxy groups -OCH3 is 5. The smallest absolute Gasteiger partial charge is 0.331 e. The molecule has 0 spiro atoms. The molecule has 11 rings (SSSR count). The molecule has 0 amide bonds. The van der Waals surface area contributed by atoms with Gasteiger partial charge in [0.05, 0.1) is 84.8 Å². The van der Waals surface area contributed by atoms with Crippen LogP contribution in [0.1, 0.15) is 125 Å². The number of fused-ring (bicyclic) bond motifs is 5. The Morgan fingerprint density at radius 2 is 1.04 bits per heavy atom. The zero-order chi connectivity index (χ0) is 72.3. The number of carbonyl (C=O) groups excluding carboxylic acids is 1. The summed E-state index contributed by atoms with van der Waals surface area (Å²) in [6.07, 6.45) is -19.2. The quantitative estimate of drug-likeness (QED) is 0.0445. The molecule has 29 nitrogen and oxygen atoms in total. The molecule has 10 aliphatic rings. The minimum absolute atomic E-state index is 0.0440. The Labute approximate surface area is 584 Å². The Kier molecular flexibility index (Phi) is 24.3. The average Bonchev–Trinajstić information content (AvgIpc) is 1.29. The van der Waals surface area contributed by atoms with Gasteiger partial charge in [-0.1, -0.05) is 56.3 Å². The van der Waals surface area contributed by atoms with E-state index in [0.717, 1.165) is 5.56 Å². The van der Waals surface area contributed by atoms with Crippen LogP contribution in [0.3, 0.4) is 0 Å². The molecule has 6 saturated heterocycles. The van der Waals surface area contributed by atoms with Gasteiger partial charge in [0, 0.05) is 85.1 Å². The van der Waals surface area contributed by atoms with Crippen molar-refractivity contribution in [3.05, 3.63) is 54.1 Å². The van der Waals surface area contributed by atoms with E-state index in [1.807, 2.05) is 58.0 Å². The molecule has 1 aromatic rings. The van der Waals surface area contributed by atoms with Crippen LogP contribution in [-0.2, 0) is 90.1 Å². The second kappa shape index (κ2) is 31.1. The summed E-state index contributed by atoms with van der Waals surface area (Å²) >= 11 is 0. The number of benzene rings is 1.